The summed E-state index contributed by atoms with van der Waals surface area (Å²) < 4.78 is 6.94. The second kappa shape index (κ2) is 10.1. The molecule has 0 saturated carbocycles. The number of aliphatic imine (C=N–C) groups is 1. The number of pyridine rings is 1. The van der Waals surface area contributed by atoms with E-state index in [-0.39, 0.29) is 29.3 Å². The fourth-order valence-corrected chi connectivity index (χ4v) is 3.03. The van der Waals surface area contributed by atoms with E-state index in [1.165, 1.54) is 53.2 Å². The average Bonchev–Trinajstić information content (AvgIpc) is 3.25. The molecule has 2 aromatic heterocycles. The molecular weight excluding hydrogens is 448 g/mol. The van der Waals surface area contributed by atoms with Gasteiger partial charge < -0.3 is 36.1 Å². The highest BCUT2D eigenvalue weighted by molar-refractivity contribution is 5.92. The number of nitrogens with one attached hydrogen (secondary N) is 1. The summed E-state index contributed by atoms with van der Waals surface area (Å²) in [4.78, 5) is 54.8. The van der Waals surface area contributed by atoms with Gasteiger partial charge in [-0.25, -0.2) is 19.6 Å². The van der Waals surface area contributed by atoms with Crippen molar-refractivity contribution in [1.82, 2.24) is 14.7 Å². The van der Waals surface area contributed by atoms with Crippen LogP contribution >= 0.6 is 0 Å². The molecule has 1 atom stereocenters. The van der Waals surface area contributed by atoms with Crippen LogP contribution in [0.2, 0.25) is 0 Å². The third-order valence-electron chi connectivity index (χ3n) is 4.52. The van der Waals surface area contributed by atoms with Gasteiger partial charge in [0.05, 0.1) is 24.1 Å². The van der Waals surface area contributed by atoms with Gasteiger partial charge in [-0.05, 0) is 36.4 Å². The molecule has 34 heavy (non-hydrogen) atoms. The van der Waals surface area contributed by atoms with Gasteiger partial charge >= 0.3 is 17.9 Å². The number of amides is 1. The molecule has 176 valence electrons. The lowest BCUT2D eigenvalue weighted by Crippen LogP contribution is -2.43. The average molecular weight is 468 g/mol. The van der Waals surface area contributed by atoms with Gasteiger partial charge in [-0.15, -0.1) is 0 Å². The fourth-order valence-electron chi connectivity index (χ4n) is 3.03. The first kappa shape index (κ1) is 23.7. The van der Waals surface area contributed by atoms with Crippen LogP contribution in [-0.2, 0) is 20.8 Å². The second-order valence-electron chi connectivity index (χ2n) is 7.02. The second-order valence-corrected chi connectivity index (χ2v) is 7.02. The number of hydrogen-bond acceptors (Lipinski definition) is 7. The lowest BCUT2D eigenvalue weighted by Gasteiger charge is -2.13. The Morgan fingerprint density at radius 1 is 1.09 bits per heavy atom. The molecule has 7 N–H and O–H groups in total. The van der Waals surface area contributed by atoms with Crippen molar-refractivity contribution in [3.63, 3.8) is 0 Å². The van der Waals surface area contributed by atoms with Gasteiger partial charge in [0.25, 0.3) is 0 Å². The number of carboxylic acid groups (broad SMARTS) is 2. The Bertz CT molecular complexity index is 1280. The van der Waals surface area contributed by atoms with E-state index in [0.29, 0.717) is 11.4 Å². The third-order valence-corrected chi connectivity index (χ3v) is 4.52. The number of carbonyl (C=O) groups is 4. The smallest absolute Gasteiger partial charge is 0.343 e. The topological polar surface area (TPSA) is 212 Å². The van der Waals surface area contributed by atoms with E-state index < -0.39 is 36.3 Å². The van der Waals surface area contributed by atoms with Crippen molar-refractivity contribution in [3.05, 3.63) is 60.0 Å². The van der Waals surface area contributed by atoms with Gasteiger partial charge in [0, 0.05) is 18.1 Å². The number of carbonyl (C=O) groups excluding carboxylic acids is 2. The van der Waals surface area contributed by atoms with Gasteiger partial charge in [-0.1, -0.05) is 0 Å². The fraction of sp³-hybridized carbons (Fsp3) is 0.143. The minimum Gasteiger partial charge on any atom is -0.481 e. The van der Waals surface area contributed by atoms with Gasteiger partial charge in [0.2, 0.25) is 5.91 Å². The summed E-state index contributed by atoms with van der Waals surface area (Å²) in [6.07, 6.45) is 1.94. The number of aliphatic carboxylic acids is 2. The minimum absolute atomic E-state index is 0.119. The molecule has 0 aliphatic carbocycles. The number of nitrogens with two attached hydrogens (primary N) is 2. The largest absolute Gasteiger partial charge is 0.481 e. The first-order valence-electron chi connectivity index (χ1n) is 9.75. The number of nitrogens with zero attached hydrogens (tertiary/aromatic N) is 3. The highest BCUT2D eigenvalue weighted by Gasteiger charge is 2.23. The maximum Gasteiger partial charge on any atom is 0.343 e. The summed E-state index contributed by atoms with van der Waals surface area (Å²) >= 11 is 0. The Balaban J connectivity index is 1.75. The lowest BCUT2D eigenvalue weighted by atomic mass is 10.2. The molecule has 3 rings (SSSR count). The van der Waals surface area contributed by atoms with E-state index in [4.69, 9.17) is 26.4 Å². The Morgan fingerprint density at radius 3 is 2.41 bits per heavy atom. The molecule has 0 aliphatic rings. The highest BCUT2D eigenvalue weighted by atomic mass is 16.5. The van der Waals surface area contributed by atoms with Gasteiger partial charge in [0.15, 0.2) is 17.4 Å². The summed E-state index contributed by atoms with van der Waals surface area (Å²) in [7, 11) is 0. The Kier molecular flexibility index (Phi) is 7.06. The van der Waals surface area contributed by atoms with E-state index in [0.717, 1.165) is 0 Å². The minimum atomic E-state index is -1.57. The molecule has 0 aliphatic heterocycles. The summed E-state index contributed by atoms with van der Waals surface area (Å²) in [5.41, 5.74) is 12.0. The molecule has 0 unspecified atom stereocenters. The molecule has 1 aromatic carbocycles. The van der Waals surface area contributed by atoms with Crippen LogP contribution in [0.5, 0.6) is 5.75 Å². The van der Waals surface area contributed by atoms with Crippen molar-refractivity contribution in [2.75, 3.05) is 0 Å². The number of aromatic nitrogens is 2. The number of imidazole rings is 1. The lowest BCUT2D eigenvalue weighted by molar-refractivity contribution is -0.147. The summed E-state index contributed by atoms with van der Waals surface area (Å²) in [6, 6.07) is 7.44. The van der Waals surface area contributed by atoms with E-state index in [1.807, 2.05) is 0 Å². The van der Waals surface area contributed by atoms with Crippen LogP contribution in [0, 0.1) is 0 Å². The van der Waals surface area contributed by atoms with E-state index in [1.54, 1.807) is 0 Å². The summed E-state index contributed by atoms with van der Waals surface area (Å²) in [5.74, 6) is -4.18. The molecule has 1 amide bonds. The Hall–Kier alpha value is -4.94. The Morgan fingerprint density at radius 2 is 1.79 bits per heavy atom. The van der Waals surface area contributed by atoms with Crippen molar-refractivity contribution < 1.29 is 34.1 Å². The normalized spacial score (nSPS) is 11.4. The van der Waals surface area contributed by atoms with E-state index >= 15 is 0 Å². The van der Waals surface area contributed by atoms with Crippen LogP contribution < -0.4 is 21.5 Å². The maximum atomic E-state index is 12.5. The number of esters is 1. The van der Waals surface area contributed by atoms with E-state index in [9.17, 15) is 19.2 Å². The van der Waals surface area contributed by atoms with Crippen LogP contribution in [0.15, 0.2) is 53.8 Å². The highest BCUT2D eigenvalue weighted by Crippen LogP contribution is 2.22. The zero-order valence-corrected chi connectivity index (χ0v) is 17.5. The van der Waals surface area contributed by atoms with Crippen molar-refractivity contribution >= 4 is 41.1 Å². The number of guanidine groups is 1. The van der Waals surface area contributed by atoms with Crippen LogP contribution in [0.3, 0.4) is 0 Å². The number of benzene rings is 1. The number of rotatable bonds is 9. The van der Waals surface area contributed by atoms with Crippen molar-refractivity contribution in [1.29, 1.82) is 0 Å². The van der Waals surface area contributed by atoms with Crippen LogP contribution in [0.1, 0.15) is 22.5 Å². The van der Waals surface area contributed by atoms with Crippen LogP contribution in [0.25, 0.3) is 5.65 Å². The zero-order chi connectivity index (χ0) is 24.8. The molecule has 0 bridgehead atoms. The number of ether oxygens (including phenoxy) is 1. The monoisotopic (exact) mass is 468 g/mol. The molecule has 13 nitrogen and oxygen atoms in total. The number of hydrogen-bond donors (Lipinski definition) is 5. The first-order valence-corrected chi connectivity index (χ1v) is 9.75. The predicted molar refractivity (Wildman–Crippen MR) is 118 cm³/mol. The molecule has 0 fully saturated rings. The van der Waals surface area contributed by atoms with Gasteiger partial charge in [-0.2, -0.15) is 0 Å². The van der Waals surface area contributed by atoms with Crippen LogP contribution in [0.4, 0.5) is 5.69 Å². The summed E-state index contributed by atoms with van der Waals surface area (Å²) in [5, 5.41) is 20.1. The summed E-state index contributed by atoms with van der Waals surface area (Å²) in [6.45, 7) is 0. The van der Waals surface area contributed by atoms with E-state index in [2.05, 4.69) is 15.3 Å². The van der Waals surface area contributed by atoms with Crippen molar-refractivity contribution in [3.8, 4) is 5.75 Å². The molecule has 13 heteroatoms. The number of carboxylic acids is 2. The zero-order valence-electron chi connectivity index (χ0n) is 17.5. The molecule has 0 radical (unpaired) electrons. The maximum absolute atomic E-state index is 12.5. The van der Waals surface area contributed by atoms with Crippen molar-refractivity contribution in [2.24, 2.45) is 16.5 Å². The van der Waals surface area contributed by atoms with Gasteiger partial charge in [-0.3, -0.25) is 9.59 Å². The predicted octanol–water partition coefficient (Wildman–Crippen LogP) is 0.0450. The van der Waals surface area contributed by atoms with Crippen molar-refractivity contribution in [2.45, 2.75) is 18.9 Å². The molecular formula is C21H20N6O7. The third kappa shape index (κ3) is 5.85. The Labute approximate surface area is 191 Å². The van der Waals surface area contributed by atoms with Crippen LogP contribution in [-0.4, -0.2) is 55.4 Å². The molecule has 0 spiro atoms. The molecule has 2 heterocycles. The van der Waals surface area contributed by atoms with Gasteiger partial charge in [0.1, 0.15) is 6.04 Å². The quantitative estimate of drug-likeness (QED) is 0.162. The standard InChI is InChI=1S/C21H20N6O7/c22-21(23)25-12-3-1-11(2-4-12)20(33)34-15-6-5-13(27-8-7-24-18(15)27)9-16(28)26-14(19(31)32)10-17(29)30/h1-8,14H,9-10H2,(H,26,28)(H,29,30)(H,31,32)(H4,22,23,25)/t14-/m0/s1. The number of fused-ring (bicyclic) bond motifs is 1. The SMILES string of the molecule is NC(N)=Nc1ccc(C(=O)Oc2ccc(CC(=O)N[C@@H](CC(=O)O)C(=O)O)n3ccnc23)cc1. The molecule has 3 aromatic rings. The molecule has 0 saturated heterocycles. The first-order chi connectivity index (χ1) is 16.1.